The number of rotatable bonds is 9. The first-order chi connectivity index (χ1) is 13.0. The van der Waals surface area contributed by atoms with Gasteiger partial charge in [-0.3, -0.25) is 4.79 Å². The molecule has 2 aromatic rings. The van der Waals surface area contributed by atoms with Crippen molar-refractivity contribution in [2.24, 2.45) is 0 Å². The Bertz CT molecular complexity index is 779. The van der Waals surface area contributed by atoms with E-state index in [1.807, 2.05) is 43.3 Å². The summed E-state index contributed by atoms with van der Waals surface area (Å²) < 4.78 is 17.1. The Labute approximate surface area is 169 Å². The molecule has 1 unspecified atom stereocenters. The number of benzene rings is 2. The quantitative estimate of drug-likeness (QED) is 0.621. The Balaban J connectivity index is 2.00. The monoisotopic (exact) mass is 435 g/mol. The van der Waals surface area contributed by atoms with Crippen molar-refractivity contribution >= 4 is 21.8 Å². The van der Waals surface area contributed by atoms with Crippen molar-refractivity contribution in [2.75, 3.05) is 20.8 Å². The fraction of sp³-hybridized carbons (Fsp3) is 0.381. The van der Waals surface area contributed by atoms with Gasteiger partial charge in [-0.15, -0.1) is 0 Å². The minimum Gasteiger partial charge on any atom is -0.493 e. The molecule has 0 aromatic heterocycles. The summed E-state index contributed by atoms with van der Waals surface area (Å²) in [6.07, 6.45) is 1.69. The van der Waals surface area contributed by atoms with Gasteiger partial charge in [-0.2, -0.15) is 0 Å². The molecule has 0 aliphatic carbocycles. The highest BCUT2D eigenvalue weighted by molar-refractivity contribution is 9.10. The maximum Gasteiger partial charge on any atom is 0.258 e. The summed E-state index contributed by atoms with van der Waals surface area (Å²) in [5, 5.41) is 3.01. The number of carbonyl (C=O) groups is 1. The zero-order valence-corrected chi connectivity index (χ0v) is 17.8. The molecule has 0 bridgehead atoms. The SMILES string of the molecule is CCc1ccc(OCC(=O)NC(CC)c2ccc(OC)c(OC)c2)c(Br)c1. The van der Waals surface area contributed by atoms with E-state index >= 15 is 0 Å². The Morgan fingerprint density at radius 3 is 2.33 bits per heavy atom. The first kappa shape index (κ1) is 21.1. The largest absolute Gasteiger partial charge is 0.493 e. The Hall–Kier alpha value is -2.21. The molecule has 0 radical (unpaired) electrons. The van der Waals surface area contributed by atoms with Gasteiger partial charge in [0.2, 0.25) is 0 Å². The fourth-order valence-corrected chi connectivity index (χ4v) is 3.29. The number of methoxy groups -OCH3 is 2. The van der Waals surface area contributed by atoms with Gasteiger partial charge in [-0.25, -0.2) is 0 Å². The average Bonchev–Trinajstić information content (AvgIpc) is 2.70. The molecule has 0 fully saturated rings. The average molecular weight is 436 g/mol. The highest BCUT2D eigenvalue weighted by atomic mass is 79.9. The van der Waals surface area contributed by atoms with Crippen molar-refractivity contribution in [3.63, 3.8) is 0 Å². The Kier molecular flexibility index (Phi) is 7.98. The maximum atomic E-state index is 12.4. The summed E-state index contributed by atoms with van der Waals surface area (Å²) in [6, 6.07) is 11.4. The maximum absolute atomic E-state index is 12.4. The molecule has 0 aliphatic heterocycles. The van der Waals surface area contributed by atoms with Crippen LogP contribution in [0.5, 0.6) is 17.2 Å². The van der Waals surface area contributed by atoms with Gasteiger partial charge < -0.3 is 19.5 Å². The molecular weight excluding hydrogens is 410 g/mol. The molecule has 2 rings (SSSR count). The third-order valence-corrected chi connectivity index (χ3v) is 4.94. The standard InChI is InChI=1S/C21H26BrNO4/c1-5-14-7-9-18(16(22)11-14)27-13-21(24)23-17(6-2)15-8-10-19(25-3)20(12-15)26-4/h7-12,17H,5-6,13H2,1-4H3,(H,23,24). The van der Waals surface area contributed by atoms with Gasteiger partial charge in [-0.05, 0) is 64.2 Å². The van der Waals surface area contributed by atoms with Crippen molar-refractivity contribution < 1.29 is 19.0 Å². The lowest BCUT2D eigenvalue weighted by Gasteiger charge is -2.19. The van der Waals surface area contributed by atoms with Gasteiger partial charge in [0, 0.05) is 0 Å². The second-order valence-corrected chi connectivity index (χ2v) is 6.90. The smallest absolute Gasteiger partial charge is 0.258 e. The molecule has 0 saturated carbocycles. The van der Waals surface area contributed by atoms with E-state index < -0.39 is 0 Å². The predicted octanol–water partition coefficient (Wildman–Crippen LogP) is 4.68. The van der Waals surface area contributed by atoms with Crippen LogP contribution in [0.2, 0.25) is 0 Å². The lowest BCUT2D eigenvalue weighted by atomic mass is 10.0. The van der Waals surface area contributed by atoms with Gasteiger partial charge in [0.15, 0.2) is 18.1 Å². The zero-order chi connectivity index (χ0) is 19.8. The van der Waals surface area contributed by atoms with E-state index in [-0.39, 0.29) is 18.6 Å². The molecular formula is C21H26BrNO4. The highest BCUT2D eigenvalue weighted by Crippen LogP contribution is 2.31. The molecule has 27 heavy (non-hydrogen) atoms. The van der Waals surface area contributed by atoms with Crippen LogP contribution in [-0.4, -0.2) is 26.7 Å². The number of hydrogen-bond donors (Lipinski definition) is 1. The summed E-state index contributed by atoms with van der Waals surface area (Å²) >= 11 is 3.49. The Morgan fingerprint density at radius 1 is 1.04 bits per heavy atom. The number of halogens is 1. The zero-order valence-electron chi connectivity index (χ0n) is 16.2. The molecule has 1 N–H and O–H groups in total. The third kappa shape index (κ3) is 5.63. The molecule has 0 heterocycles. The second kappa shape index (κ2) is 10.2. The predicted molar refractivity (Wildman–Crippen MR) is 110 cm³/mol. The van der Waals surface area contributed by atoms with Crippen molar-refractivity contribution in [1.29, 1.82) is 0 Å². The molecule has 1 amide bonds. The van der Waals surface area contributed by atoms with Crippen LogP contribution >= 0.6 is 15.9 Å². The first-order valence-electron chi connectivity index (χ1n) is 8.94. The number of nitrogens with one attached hydrogen (secondary N) is 1. The topological polar surface area (TPSA) is 56.8 Å². The van der Waals surface area contributed by atoms with Crippen LogP contribution in [0, 0.1) is 0 Å². The number of ether oxygens (including phenoxy) is 3. The van der Waals surface area contributed by atoms with Crippen LogP contribution in [-0.2, 0) is 11.2 Å². The minimum absolute atomic E-state index is 0.0478. The van der Waals surface area contributed by atoms with E-state index in [1.165, 1.54) is 5.56 Å². The van der Waals surface area contributed by atoms with E-state index in [9.17, 15) is 4.79 Å². The van der Waals surface area contributed by atoms with Gasteiger partial charge in [-0.1, -0.05) is 26.0 Å². The van der Waals surface area contributed by atoms with Crippen LogP contribution in [0.15, 0.2) is 40.9 Å². The van der Waals surface area contributed by atoms with Gasteiger partial charge in [0.05, 0.1) is 24.7 Å². The van der Waals surface area contributed by atoms with Crippen molar-refractivity contribution in [2.45, 2.75) is 32.7 Å². The third-order valence-electron chi connectivity index (χ3n) is 4.32. The fourth-order valence-electron chi connectivity index (χ4n) is 2.75. The second-order valence-electron chi connectivity index (χ2n) is 6.05. The van der Waals surface area contributed by atoms with E-state index in [0.717, 1.165) is 22.9 Å². The molecule has 146 valence electrons. The van der Waals surface area contributed by atoms with Gasteiger partial charge in [0.1, 0.15) is 5.75 Å². The van der Waals surface area contributed by atoms with E-state index in [2.05, 4.69) is 28.2 Å². The van der Waals surface area contributed by atoms with Crippen LogP contribution in [0.3, 0.4) is 0 Å². The lowest BCUT2D eigenvalue weighted by molar-refractivity contribution is -0.123. The van der Waals surface area contributed by atoms with Crippen molar-refractivity contribution in [1.82, 2.24) is 5.32 Å². The number of aryl methyl sites for hydroxylation is 1. The summed E-state index contributed by atoms with van der Waals surface area (Å²) in [5.41, 5.74) is 2.16. The summed E-state index contributed by atoms with van der Waals surface area (Å²) in [5.74, 6) is 1.77. The Morgan fingerprint density at radius 2 is 1.74 bits per heavy atom. The minimum atomic E-state index is -0.178. The number of hydrogen-bond acceptors (Lipinski definition) is 4. The summed E-state index contributed by atoms with van der Waals surface area (Å²) in [6.45, 7) is 4.06. The molecule has 0 spiro atoms. The lowest BCUT2D eigenvalue weighted by Crippen LogP contribution is -2.32. The van der Waals surface area contributed by atoms with E-state index in [1.54, 1.807) is 14.2 Å². The molecule has 5 nitrogen and oxygen atoms in total. The summed E-state index contributed by atoms with van der Waals surface area (Å²) in [7, 11) is 3.19. The van der Waals surface area contributed by atoms with Gasteiger partial charge in [0.25, 0.3) is 5.91 Å². The van der Waals surface area contributed by atoms with Crippen molar-refractivity contribution in [3.05, 3.63) is 52.0 Å². The molecule has 0 aliphatic rings. The molecule has 0 saturated heterocycles. The number of carbonyl (C=O) groups excluding carboxylic acids is 1. The first-order valence-corrected chi connectivity index (χ1v) is 9.74. The van der Waals surface area contributed by atoms with Crippen LogP contribution < -0.4 is 19.5 Å². The number of amides is 1. The van der Waals surface area contributed by atoms with Crippen LogP contribution in [0.25, 0.3) is 0 Å². The van der Waals surface area contributed by atoms with Crippen LogP contribution in [0.1, 0.15) is 37.4 Å². The molecule has 1 atom stereocenters. The van der Waals surface area contributed by atoms with Crippen molar-refractivity contribution in [3.8, 4) is 17.2 Å². The summed E-state index contributed by atoms with van der Waals surface area (Å²) in [4.78, 5) is 12.4. The van der Waals surface area contributed by atoms with E-state index in [0.29, 0.717) is 17.2 Å². The highest BCUT2D eigenvalue weighted by Gasteiger charge is 2.16. The molecule has 2 aromatic carbocycles. The normalized spacial score (nSPS) is 11.6. The van der Waals surface area contributed by atoms with Gasteiger partial charge >= 0.3 is 0 Å². The van der Waals surface area contributed by atoms with Crippen LogP contribution in [0.4, 0.5) is 0 Å². The molecule has 6 heteroatoms. The van der Waals surface area contributed by atoms with E-state index in [4.69, 9.17) is 14.2 Å².